The van der Waals surface area contributed by atoms with Crippen molar-refractivity contribution in [3.63, 3.8) is 0 Å². The number of para-hydroxylation sites is 2. The van der Waals surface area contributed by atoms with E-state index in [1.165, 1.54) is 24.0 Å². The number of carbonyl (C=O) groups is 3. The van der Waals surface area contributed by atoms with E-state index in [1.54, 1.807) is 48.5 Å². The maximum absolute atomic E-state index is 12.5. The SMILES string of the molecule is COc1cccc(N2CCN(CC(=O)Nc3ccccc3OC)C(=O)C2=O)c1. The molecule has 2 aromatic carbocycles. The van der Waals surface area contributed by atoms with E-state index in [1.807, 2.05) is 0 Å². The molecule has 28 heavy (non-hydrogen) atoms. The second-order valence-electron chi connectivity index (χ2n) is 6.13. The van der Waals surface area contributed by atoms with Gasteiger partial charge in [0.15, 0.2) is 0 Å². The first-order valence-electron chi connectivity index (χ1n) is 8.71. The van der Waals surface area contributed by atoms with Gasteiger partial charge in [0.2, 0.25) is 5.91 Å². The summed E-state index contributed by atoms with van der Waals surface area (Å²) in [4.78, 5) is 40.0. The summed E-state index contributed by atoms with van der Waals surface area (Å²) in [5.74, 6) is -0.688. The molecule has 3 amide bonds. The van der Waals surface area contributed by atoms with Gasteiger partial charge in [0.25, 0.3) is 0 Å². The predicted molar refractivity (Wildman–Crippen MR) is 104 cm³/mol. The van der Waals surface area contributed by atoms with Crippen LogP contribution in [0.4, 0.5) is 11.4 Å². The fraction of sp³-hybridized carbons (Fsp3) is 0.250. The predicted octanol–water partition coefficient (Wildman–Crippen LogP) is 1.52. The van der Waals surface area contributed by atoms with Crippen molar-refractivity contribution in [1.29, 1.82) is 0 Å². The van der Waals surface area contributed by atoms with Crippen LogP contribution in [0.1, 0.15) is 0 Å². The van der Waals surface area contributed by atoms with Gasteiger partial charge < -0.3 is 24.6 Å². The molecule has 8 nitrogen and oxygen atoms in total. The molecule has 0 saturated carbocycles. The number of piperazine rings is 1. The van der Waals surface area contributed by atoms with Gasteiger partial charge in [-0.25, -0.2) is 0 Å². The first-order chi connectivity index (χ1) is 13.5. The van der Waals surface area contributed by atoms with Crippen molar-refractivity contribution in [2.24, 2.45) is 0 Å². The van der Waals surface area contributed by atoms with Crippen molar-refractivity contribution >= 4 is 29.1 Å². The first kappa shape index (κ1) is 19.2. The quantitative estimate of drug-likeness (QED) is 0.764. The minimum absolute atomic E-state index is 0.214. The highest BCUT2D eigenvalue weighted by Gasteiger charge is 2.34. The number of benzene rings is 2. The van der Waals surface area contributed by atoms with Crippen LogP contribution < -0.4 is 19.7 Å². The van der Waals surface area contributed by atoms with Crippen molar-refractivity contribution < 1.29 is 23.9 Å². The van der Waals surface area contributed by atoms with Gasteiger partial charge >= 0.3 is 11.8 Å². The van der Waals surface area contributed by atoms with Crippen LogP contribution in [0.25, 0.3) is 0 Å². The number of methoxy groups -OCH3 is 2. The smallest absolute Gasteiger partial charge is 0.316 e. The van der Waals surface area contributed by atoms with E-state index in [0.717, 1.165) is 0 Å². The largest absolute Gasteiger partial charge is 0.497 e. The third-order valence-electron chi connectivity index (χ3n) is 4.39. The molecule has 3 rings (SSSR count). The summed E-state index contributed by atoms with van der Waals surface area (Å²) in [5, 5.41) is 2.70. The number of amides is 3. The molecular formula is C20H21N3O5. The van der Waals surface area contributed by atoms with Gasteiger partial charge in [-0.2, -0.15) is 0 Å². The van der Waals surface area contributed by atoms with Crippen molar-refractivity contribution in [2.45, 2.75) is 0 Å². The molecule has 0 radical (unpaired) electrons. The van der Waals surface area contributed by atoms with Crippen LogP contribution >= 0.6 is 0 Å². The summed E-state index contributed by atoms with van der Waals surface area (Å²) in [6, 6.07) is 13.9. The molecule has 1 aliphatic rings. The van der Waals surface area contributed by atoms with Crippen LogP contribution in [0.3, 0.4) is 0 Å². The zero-order valence-corrected chi connectivity index (χ0v) is 15.7. The Balaban J connectivity index is 1.65. The Morgan fingerprint density at radius 3 is 2.54 bits per heavy atom. The van der Waals surface area contributed by atoms with Crippen LogP contribution in [0.15, 0.2) is 48.5 Å². The second-order valence-corrected chi connectivity index (χ2v) is 6.13. The number of anilines is 2. The summed E-state index contributed by atoms with van der Waals surface area (Å²) >= 11 is 0. The zero-order valence-electron chi connectivity index (χ0n) is 15.7. The van der Waals surface area contributed by atoms with Crippen molar-refractivity contribution in [1.82, 2.24) is 4.90 Å². The van der Waals surface area contributed by atoms with Gasteiger partial charge in [0.1, 0.15) is 18.0 Å². The molecule has 146 valence electrons. The topological polar surface area (TPSA) is 88.2 Å². The maximum Gasteiger partial charge on any atom is 0.316 e. The molecule has 0 spiro atoms. The van der Waals surface area contributed by atoms with Gasteiger partial charge in [0.05, 0.1) is 19.9 Å². The molecule has 1 aliphatic heterocycles. The highest BCUT2D eigenvalue weighted by molar-refractivity contribution is 6.41. The lowest BCUT2D eigenvalue weighted by Crippen LogP contribution is -2.56. The number of rotatable bonds is 6. The van der Waals surface area contributed by atoms with Gasteiger partial charge in [0, 0.05) is 24.8 Å². The van der Waals surface area contributed by atoms with Crippen LogP contribution in [0, 0.1) is 0 Å². The molecule has 0 unspecified atom stereocenters. The normalized spacial score (nSPS) is 14.1. The van der Waals surface area contributed by atoms with E-state index >= 15 is 0 Å². The van der Waals surface area contributed by atoms with E-state index in [2.05, 4.69) is 5.32 Å². The molecule has 0 aromatic heterocycles. The molecule has 1 fully saturated rings. The monoisotopic (exact) mass is 383 g/mol. The van der Waals surface area contributed by atoms with E-state index in [9.17, 15) is 14.4 Å². The fourth-order valence-corrected chi connectivity index (χ4v) is 2.96. The number of nitrogens with zero attached hydrogens (tertiary/aromatic N) is 2. The Labute approximate surface area is 162 Å². The van der Waals surface area contributed by atoms with Gasteiger partial charge in [-0.05, 0) is 24.3 Å². The molecule has 0 atom stereocenters. The van der Waals surface area contributed by atoms with Crippen molar-refractivity contribution in [3.8, 4) is 11.5 Å². The molecule has 8 heteroatoms. The highest BCUT2D eigenvalue weighted by Crippen LogP contribution is 2.24. The Hall–Kier alpha value is -3.55. The summed E-state index contributed by atoms with van der Waals surface area (Å²) in [6.07, 6.45) is 0. The van der Waals surface area contributed by atoms with Crippen molar-refractivity contribution in [2.75, 3.05) is 44.1 Å². The number of ether oxygens (including phenoxy) is 2. The Morgan fingerprint density at radius 1 is 1.00 bits per heavy atom. The van der Waals surface area contributed by atoms with E-state index in [4.69, 9.17) is 9.47 Å². The average Bonchev–Trinajstić information content (AvgIpc) is 2.72. The van der Waals surface area contributed by atoms with Crippen LogP contribution in [-0.2, 0) is 14.4 Å². The summed E-state index contributed by atoms with van der Waals surface area (Å²) in [7, 11) is 3.04. The lowest BCUT2D eigenvalue weighted by Gasteiger charge is -2.33. The van der Waals surface area contributed by atoms with Crippen LogP contribution in [0.5, 0.6) is 11.5 Å². The average molecular weight is 383 g/mol. The first-order valence-corrected chi connectivity index (χ1v) is 8.71. The van der Waals surface area contributed by atoms with E-state index < -0.39 is 17.7 Å². The second kappa shape index (κ2) is 8.43. The molecule has 0 aliphatic carbocycles. The third kappa shape index (κ3) is 4.06. The minimum Gasteiger partial charge on any atom is -0.497 e. The van der Waals surface area contributed by atoms with Gasteiger partial charge in [-0.15, -0.1) is 0 Å². The van der Waals surface area contributed by atoms with E-state index in [-0.39, 0.29) is 13.1 Å². The molecule has 1 heterocycles. The maximum atomic E-state index is 12.5. The number of carbonyl (C=O) groups excluding carboxylic acids is 3. The Morgan fingerprint density at radius 2 is 1.79 bits per heavy atom. The lowest BCUT2D eigenvalue weighted by atomic mass is 10.2. The lowest BCUT2D eigenvalue weighted by molar-refractivity contribution is -0.147. The minimum atomic E-state index is -0.718. The number of hydrogen-bond donors (Lipinski definition) is 1. The molecule has 1 saturated heterocycles. The van der Waals surface area contributed by atoms with Crippen molar-refractivity contribution in [3.05, 3.63) is 48.5 Å². The Kier molecular flexibility index (Phi) is 5.78. The summed E-state index contributed by atoms with van der Waals surface area (Å²) < 4.78 is 10.4. The van der Waals surface area contributed by atoms with E-state index in [0.29, 0.717) is 29.4 Å². The summed E-state index contributed by atoms with van der Waals surface area (Å²) in [6.45, 7) is 0.329. The molecule has 2 aromatic rings. The highest BCUT2D eigenvalue weighted by atomic mass is 16.5. The molecular weight excluding hydrogens is 362 g/mol. The van der Waals surface area contributed by atoms with Gasteiger partial charge in [-0.3, -0.25) is 14.4 Å². The third-order valence-corrected chi connectivity index (χ3v) is 4.39. The Bertz CT molecular complexity index is 899. The standard InChI is InChI=1S/C20H21N3O5/c1-27-15-7-5-6-14(12-15)23-11-10-22(19(25)20(23)26)13-18(24)21-16-8-3-4-9-17(16)28-2/h3-9,12H,10-11,13H2,1-2H3,(H,21,24). The number of hydrogen-bond acceptors (Lipinski definition) is 5. The molecule has 1 N–H and O–H groups in total. The van der Waals surface area contributed by atoms with Gasteiger partial charge in [-0.1, -0.05) is 18.2 Å². The zero-order chi connectivity index (χ0) is 20.1. The molecule has 0 bridgehead atoms. The summed E-state index contributed by atoms with van der Waals surface area (Å²) in [5.41, 5.74) is 1.08. The fourth-order valence-electron chi connectivity index (χ4n) is 2.96. The number of nitrogens with one attached hydrogen (secondary N) is 1. The van der Waals surface area contributed by atoms with Crippen LogP contribution in [0.2, 0.25) is 0 Å². The van der Waals surface area contributed by atoms with Crippen LogP contribution in [-0.4, -0.2) is 56.5 Å².